The zero-order chi connectivity index (χ0) is 29.4. The molecule has 1 saturated heterocycles. The number of ether oxygens (including phenoxy) is 1. The molecule has 42 heavy (non-hydrogen) atoms. The summed E-state index contributed by atoms with van der Waals surface area (Å²) in [6.45, 7) is 6.13. The number of hydrogen-bond donors (Lipinski definition) is 0. The number of benzene rings is 3. The van der Waals surface area contributed by atoms with Crippen LogP contribution < -0.4 is 9.64 Å². The largest absolute Gasteiger partial charge is 0.496 e. The molecule has 216 valence electrons. The van der Waals surface area contributed by atoms with Crippen molar-refractivity contribution in [1.29, 1.82) is 0 Å². The zero-order valence-corrected chi connectivity index (χ0v) is 25.0. The van der Waals surface area contributed by atoms with Gasteiger partial charge < -0.3 is 24.0 Å². The monoisotopic (exact) mass is 582 g/mol. The van der Waals surface area contributed by atoms with E-state index in [9.17, 15) is 9.59 Å². The molecule has 0 spiro atoms. The Morgan fingerprint density at radius 3 is 2.43 bits per heavy atom. The van der Waals surface area contributed by atoms with Gasteiger partial charge in [-0.3, -0.25) is 9.59 Å². The van der Waals surface area contributed by atoms with Crippen LogP contribution in [0.2, 0.25) is 5.02 Å². The Morgan fingerprint density at radius 2 is 1.62 bits per heavy atom. The first-order valence-corrected chi connectivity index (χ1v) is 14.7. The van der Waals surface area contributed by atoms with Crippen molar-refractivity contribution in [3.8, 4) is 16.9 Å². The van der Waals surface area contributed by atoms with Crippen LogP contribution in [-0.4, -0.2) is 66.5 Å². The number of amides is 2. The molecule has 0 bridgehead atoms. The number of aryl methyl sites for hydroxylation is 1. The molecule has 8 heteroatoms. The summed E-state index contributed by atoms with van der Waals surface area (Å²) in [7, 11) is 3.67. The van der Waals surface area contributed by atoms with Gasteiger partial charge in [0.15, 0.2) is 0 Å². The maximum Gasteiger partial charge on any atom is 0.270 e. The molecule has 0 saturated carbocycles. The van der Waals surface area contributed by atoms with Crippen molar-refractivity contribution in [3.63, 3.8) is 0 Å². The number of carbonyl (C=O) groups is 2. The van der Waals surface area contributed by atoms with Gasteiger partial charge in [-0.15, -0.1) is 0 Å². The molecule has 7 nitrogen and oxygen atoms in total. The summed E-state index contributed by atoms with van der Waals surface area (Å²) >= 11 is 6.82. The number of aromatic nitrogens is 1. The topological polar surface area (TPSA) is 58.0 Å². The Hall–Kier alpha value is -4.07. The number of likely N-dealkylation sites (N-methyl/N-ethyl adjacent to an activating group) is 1. The van der Waals surface area contributed by atoms with Gasteiger partial charge in [0.1, 0.15) is 11.4 Å². The van der Waals surface area contributed by atoms with Gasteiger partial charge in [-0.25, -0.2) is 0 Å². The van der Waals surface area contributed by atoms with Crippen LogP contribution in [0.25, 0.3) is 11.1 Å². The number of para-hydroxylation sites is 1. The minimum Gasteiger partial charge on any atom is -0.496 e. The fourth-order valence-electron chi connectivity index (χ4n) is 6.06. The van der Waals surface area contributed by atoms with Crippen LogP contribution in [0.1, 0.15) is 44.1 Å². The summed E-state index contributed by atoms with van der Waals surface area (Å²) in [5, 5.41) is 0.482. The van der Waals surface area contributed by atoms with Gasteiger partial charge in [0.05, 0.1) is 25.8 Å². The highest BCUT2D eigenvalue weighted by Gasteiger charge is 2.31. The highest BCUT2D eigenvalue weighted by molar-refractivity contribution is 6.34. The van der Waals surface area contributed by atoms with E-state index in [-0.39, 0.29) is 11.8 Å². The molecule has 2 aliphatic rings. The fraction of sp³-hybridized carbons (Fsp3) is 0.294. The number of carbonyl (C=O) groups excluding carboxylic acids is 2. The molecule has 0 aliphatic carbocycles. The number of rotatable bonds is 4. The lowest BCUT2D eigenvalue weighted by atomic mass is 9.98. The summed E-state index contributed by atoms with van der Waals surface area (Å²) in [6.07, 6.45) is 0.952. The third-order valence-electron chi connectivity index (χ3n) is 8.43. The first-order chi connectivity index (χ1) is 20.4. The molecule has 1 aromatic heterocycles. The fourth-order valence-corrected chi connectivity index (χ4v) is 6.32. The van der Waals surface area contributed by atoms with Crippen molar-refractivity contribution in [1.82, 2.24) is 14.4 Å². The third kappa shape index (κ3) is 5.19. The normalized spacial score (nSPS) is 15.4. The number of anilines is 1. The number of fused-ring (bicyclic) bond motifs is 2. The average Bonchev–Trinajstić information content (AvgIpc) is 3.15. The Morgan fingerprint density at radius 1 is 0.833 bits per heavy atom. The number of nitrogens with zero attached hydrogens (tertiary/aromatic N) is 4. The van der Waals surface area contributed by atoms with Crippen molar-refractivity contribution in [2.45, 2.75) is 26.4 Å². The van der Waals surface area contributed by atoms with E-state index in [0.29, 0.717) is 41.7 Å². The summed E-state index contributed by atoms with van der Waals surface area (Å²) in [5.41, 5.74) is 6.61. The second-order valence-corrected chi connectivity index (χ2v) is 11.5. The van der Waals surface area contributed by atoms with Crippen LogP contribution in [0.5, 0.6) is 5.75 Å². The minimum atomic E-state index is -0.212. The van der Waals surface area contributed by atoms with Crippen LogP contribution in [0.3, 0.4) is 0 Å². The predicted octanol–water partition coefficient (Wildman–Crippen LogP) is 6.11. The Kier molecular flexibility index (Phi) is 7.80. The van der Waals surface area contributed by atoms with Gasteiger partial charge in [-0.05, 0) is 74.0 Å². The molecule has 4 aromatic rings. The van der Waals surface area contributed by atoms with E-state index < -0.39 is 0 Å². The molecule has 0 radical (unpaired) electrons. The second kappa shape index (κ2) is 11.7. The first-order valence-electron chi connectivity index (χ1n) is 14.3. The van der Waals surface area contributed by atoms with Crippen LogP contribution >= 0.6 is 11.6 Å². The van der Waals surface area contributed by atoms with Crippen LogP contribution in [0.15, 0.2) is 72.8 Å². The number of halogens is 1. The molecule has 0 N–H and O–H groups in total. The van der Waals surface area contributed by atoms with E-state index in [1.807, 2.05) is 78.6 Å². The lowest BCUT2D eigenvalue weighted by Gasteiger charge is -2.24. The van der Waals surface area contributed by atoms with E-state index in [1.165, 1.54) is 0 Å². The minimum absolute atomic E-state index is 0.0362. The zero-order valence-electron chi connectivity index (χ0n) is 24.3. The van der Waals surface area contributed by atoms with E-state index in [2.05, 4.69) is 16.5 Å². The molecular weight excluding hydrogens is 548 g/mol. The van der Waals surface area contributed by atoms with Crippen molar-refractivity contribution >= 4 is 29.1 Å². The molecular formula is C34H35ClN4O3. The average molecular weight is 583 g/mol. The van der Waals surface area contributed by atoms with Crippen molar-refractivity contribution < 1.29 is 14.3 Å². The van der Waals surface area contributed by atoms with Gasteiger partial charge in [0.2, 0.25) is 0 Å². The van der Waals surface area contributed by atoms with Crippen LogP contribution in [-0.2, 0) is 13.1 Å². The molecule has 3 aromatic carbocycles. The molecule has 0 atom stereocenters. The predicted molar refractivity (Wildman–Crippen MR) is 167 cm³/mol. The van der Waals surface area contributed by atoms with Gasteiger partial charge in [0, 0.05) is 41.6 Å². The van der Waals surface area contributed by atoms with Crippen molar-refractivity contribution in [2.24, 2.45) is 0 Å². The van der Waals surface area contributed by atoms with Gasteiger partial charge in [-0.1, -0.05) is 54.1 Å². The lowest BCUT2D eigenvalue weighted by Crippen LogP contribution is -2.36. The quantitative estimate of drug-likeness (QED) is 0.291. The lowest BCUT2D eigenvalue weighted by molar-refractivity contribution is 0.0752. The van der Waals surface area contributed by atoms with Gasteiger partial charge in [-0.2, -0.15) is 0 Å². The summed E-state index contributed by atoms with van der Waals surface area (Å²) in [6, 6.07) is 23.3. The Bertz CT molecular complexity index is 1660. The maximum atomic E-state index is 14.3. The van der Waals surface area contributed by atoms with Gasteiger partial charge in [0.25, 0.3) is 11.8 Å². The smallest absolute Gasteiger partial charge is 0.270 e. The molecule has 2 amide bonds. The third-order valence-corrected chi connectivity index (χ3v) is 8.74. The molecule has 0 unspecified atom stereocenters. The van der Waals surface area contributed by atoms with E-state index in [0.717, 1.165) is 59.7 Å². The highest BCUT2D eigenvalue weighted by atomic mass is 35.5. The van der Waals surface area contributed by atoms with Crippen molar-refractivity contribution in [2.75, 3.05) is 45.2 Å². The Labute approximate surface area is 251 Å². The number of hydrogen-bond acceptors (Lipinski definition) is 4. The first kappa shape index (κ1) is 28.1. The summed E-state index contributed by atoms with van der Waals surface area (Å²) in [5.74, 6) is 0.284. The standard InChI is InChI=1S/C34H35ClN4O3/c1-23-9-4-6-11-26(23)27-20-32(42-3)28(19-29(27)35)33(40)39-22-25-13-14-31(34(41)37-16-8-15-36(2)17-18-37)38(25)21-24-10-5-7-12-30(24)39/h4-7,9-14,19-20H,8,15-18,21-22H2,1-3H3. The Balaban J connectivity index is 1.37. The summed E-state index contributed by atoms with van der Waals surface area (Å²) < 4.78 is 7.82. The molecule has 3 heterocycles. The van der Waals surface area contributed by atoms with Crippen molar-refractivity contribution in [3.05, 3.63) is 106 Å². The van der Waals surface area contributed by atoms with Crippen LogP contribution in [0, 0.1) is 6.92 Å². The van der Waals surface area contributed by atoms with E-state index >= 15 is 0 Å². The second-order valence-electron chi connectivity index (χ2n) is 11.1. The summed E-state index contributed by atoms with van der Waals surface area (Å²) in [4.78, 5) is 34.0. The SMILES string of the molecule is COc1cc(-c2ccccc2C)c(Cl)cc1C(=O)N1Cc2ccc(C(=O)N3CCCN(C)CC3)n2Cc2ccccc21. The van der Waals surface area contributed by atoms with E-state index in [1.54, 1.807) is 18.1 Å². The number of methoxy groups -OCH3 is 1. The van der Waals surface area contributed by atoms with Crippen LogP contribution in [0.4, 0.5) is 5.69 Å². The molecule has 6 rings (SSSR count). The highest BCUT2D eigenvalue weighted by Crippen LogP contribution is 2.38. The molecule has 2 aliphatic heterocycles. The van der Waals surface area contributed by atoms with E-state index in [4.69, 9.17) is 16.3 Å². The molecule has 1 fully saturated rings. The maximum absolute atomic E-state index is 14.3. The van der Waals surface area contributed by atoms with Gasteiger partial charge >= 0.3 is 0 Å².